The molecule has 126 valence electrons. The number of anilines is 1. The third-order valence-corrected chi connectivity index (χ3v) is 4.54. The molecule has 1 fully saturated rings. The predicted molar refractivity (Wildman–Crippen MR) is 96.0 cm³/mol. The first-order valence-corrected chi connectivity index (χ1v) is 8.50. The highest BCUT2D eigenvalue weighted by Gasteiger charge is 2.23. The lowest BCUT2D eigenvalue weighted by atomic mass is 10.0. The maximum absolute atomic E-state index is 11.7. The first-order chi connectivity index (χ1) is 11.5. The molecule has 0 bridgehead atoms. The molecule has 2 heterocycles. The van der Waals surface area contributed by atoms with Crippen LogP contribution >= 0.6 is 0 Å². The van der Waals surface area contributed by atoms with Gasteiger partial charge in [0.05, 0.1) is 5.69 Å². The number of para-hydroxylation sites is 1. The van der Waals surface area contributed by atoms with Gasteiger partial charge in [-0.05, 0) is 44.5 Å². The van der Waals surface area contributed by atoms with E-state index in [1.165, 1.54) is 0 Å². The van der Waals surface area contributed by atoms with Gasteiger partial charge in [0.15, 0.2) is 5.78 Å². The summed E-state index contributed by atoms with van der Waals surface area (Å²) in [5, 5.41) is 0. The summed E-state index contributed by atoms with van der Waals surface area (Å²) in [6.07, 6.45) is 2.20. The summed E-state index contributed by atoms with van der Waals surface area (Å²) in [6, 6.07) is 12.0. The van der Waals surface area contributed by atoms with Gasteiger partial charge in [-0.1, -0.05) is 18.2 Å². The van der Waals surface area contributed by atoms with Crippen LogP contribution in [0, 0.1) is 13.8 Å². The van der Waals surface area contributed by atoms with Crippen molar-refractivity contribution in [2.45, 2.75) is 39.7 Å². The van der Waals surface area contributed by atoms with Gasteiger partial charge in [-0.15, -0.1) is 0 Å². The fourth-order valence-electron chi connectivity index (χ4n) is 3.25. The van der Waals surface area contributed by atoms with Crippen molar-refractivity contribution in [3.05, 3.63) is 53.2 Å². The molecule has 0 spiro atoms. The first kappa shape index (κ1) is 16.5. The summed E-state index contributed by atoms with van der Waals surface area (Å²) < 4.78 is 6.05. The molecule has 24 heavy (non-hydrogen) atoms. The van der Waals surface area contributed by atoms with Crippen molar-refractivity contribution in [3.63, 3.8) is 0 Å². The molecule has 0 aliphatic carbocycles. The molecule has 3 rings (SSSR count). The summed E-state index contributed by atoms with van der Waals surface area (Å²) in [7, 11) is 0. The van der Waals surface area contributed by atoms with Crippen molar-refractivity contribution in [2.75, 3.05) is 18.0 Å². The zero-order valence-electron chi connectivity index (χ0n) is 14.6. The number of nitrogens with zero attached hydrogens (tertiary/aromatic N) is 2. The number of ether oxygens (including phenoxy) is 1. The summed E-state index contributed by atoms with van der Waals surface area (Å²) >= 11 is 0. The molecule has 1 aromatic heterocycles. The molecule has 0 N–H and O–H groups in total. The van der Waals surface area contributed by atoms with Crippen LogP contribution in [0.1, 0.15) is 41.4 Å². The van der Waals surface area contributed by atoms with Gasteiger partial charge in [0.25, 0.3) is 0 Å². The minimum atomic E-state index is 0.0737. The zero-order chi connectivity index (χ0) is 17.1. The number of hydrogen-bond acceptors (Lipinski definition) is 4. The topological polar surface area (TPSA) is 42.4 Å². The average molecular weight is 324 g/mol. The maximum Gasteiger partial charge on any atom is 0.161 e. The van der Waals surface area contributed by atoms with Gasteiger partial charge in [0.2, 0.25) is 0 Å². The SMILES string of the molecule is CC(=O)c1cc(C)c(N2CCC(Oc3ccccc3)CC2)nc1C. The first-order valence-electron chi connectivity index (χ1n) is 8.50. The number of ketones is 1. The minimum absolute atomic E-state index is 0.0737. The molecule has 1 aliphatic heterocycles. The lowest BCUT2D eigenvalue weighted by Crippen LogP contribution is -2.39. The van der Waals surface area contributed by atoms with E-state index in [1.54, 1.807) is 6.92 Å². The molecule has 1 aliphatic rings. The number of rotatable bonds is 4. The smallest absolute Gasteiger partial charge is 0.161 e. The highest BCUT2D eigenvalue weighted by molar-refractivity contribution is 5.95. The average Bonchev–Trinajstić information content (AvgIpc) is 2.58. The quantitative estimate of drug-likeness (QED) is 0.799. The van der Waals surface area contributed by atoms with Crippen molar-refractivity contribution < 1.29 is 9.53 Å². The van der Waals surface area contributed by atoms with Crippen LogP contribution < -0.4 is 9.64 Å². The maximum atomic E-state index is 11.7. The number of Topliss-reactive ketones (excluding diaryl/α,β-unsaturated/α-hetero) is 1. The summed E-state index contributed by atoms with van der Waals surface area (Å²) in [5.41, 5.74) is 2.59. The molecular weight excluding hydrogens is 300 g/mol. The van der Waals surface area contributed by atoms with Gasteiger partial charge < -0.3 is 9.64 Å². The molecule has 0 radical (unpaired) electrons. The molecule has 4 heteroatoms. The van der Waals surface area contributed by atoms with E-state index < -0.39 is 0 Å². The van der Waals surface area contributed by atoms with Crippen LogP contribution in [0.15, 0.2) is 36.4 Å². The van der Waals surface area contributed by atoms with Crippen LogP contribution in [0.2, 0.25) is 0 Å². The molecule has 1 aromatic carbocycles. The second-order valence-electron chi connectivity index (χ2n) is 6.44. The van der Waals surface area contributed by atoms with Crippen LogP contribution in [0.4, 0.5) is 5.82 Å². The van der Waals surface area contributed by atoms with Gasteiger partial charge in [-0.2, -0.15) is 0 Å². The monoisotopic (exact) mass is 324 g/mol. The standard InChI is InChI=1S/C20H24N2O2/c1-14-13-19(16(3)23)15(2)21-20(14)22-11-9-18(10-12-22)24-17-7-5-4-6-8-17/h4-8,13,18H,9-12H2,1-3H3. The van der Waals surface area contributed by atoms with Crippen LogP contribution in [0.5, 0.6) is 5.75 Å². The Labute approximate surface area is 143 Å². The van der Waals surface area contributed by atoms with Crippen LogP contribution in [-0.4, -0.2) is 30.0 Å². The molecular formula is C20H24N2O2. The van der Waals surface area contributed by atoms with E-state index in [1.807, 2.05) is 50.2 Å². The molecule has 0 unspecified atom stereocenters. The van der Waals surface area contributed by atoms with Crippen molar-refractivity contribution in [3.8, 4) is 5.75 Å². The van der Waals surface area contributed by atoms with E-state index in [9.17, 15) is 4.79 Å². The number of pyridine rings is 1. The Bertz CT molecular complexity index is 720. The van der Waals surface area contributed by atoms with Crippen LogP contribution in [0.3, 0.4) is 0 Å². The third kappa shape index (κ3) is 3.58. The lowest BCUT2D eigenvalue weighted by molar-refractivity contribution is 0.101. The Hall–Kier alpha value is -2.36. The Morgan fingerprint density at radius 2 is 1.83 bits per heavy atom. The number of carbonyl (C=O) groups is 1. The summed E-state index contributed by atoms with van der Waals surface area (Å²) in [6.45, 7) is 7.37. The second kappa shape index (κ2) is 7.04. The van der Waals surface area contributed by atoms with E-state index in [2.05, 4.69) is 4.90 Å². The fraction of sp³-hybridized carbons (Fsp3) is 0.400. The Morgan fingerprint density at radius 3 is 2.46 bits per heavy atom. The van der Waals surface area contributed by atoms with E-state index >= 15 is 0 Å². The second-order valence-corrected chi connectivity index (χ2v) is 6.44. The van der Waals surface area contributed by atoms with Crippen LogP contribution in [0.25, 0.3) is 0 Å². The van der Waals surface area contributed by atoms with E-state index in [4.69, 9.17) is 9.72 Å². The fourth-order valence-corrected chi connectivity index (χ4v) is 3.25. The largest absolute Gasteiger partial charge is 0.490 e. The number of benzene rings is 1. The lowest BCUT2D eigenvalue weighted by Gasteiger charge is -2.34. The zero-order valence-corrected chi connectivity index (χ0v) is 14.6. The normalized spacial score (nSPS) is 15.4. The van der Waals surface area contributed by atoms with Gasteiger partial charge in [-0.25, -0.2) is 4.98 Å². The minimum Gasteiger partial charge on any atom is -0.490 e. The predicted octanol–water partition coefficient (Wildman–Crippen LogP) is 3.95. The van der Waals surface area contributed by atoms with E-state index in [-0.39, 0.29) is 11.9 Å². The Morgan fingerprint density at radius 1 is 1.17 bits per heavy atom. The van der Waals surface area contributed by atoms with Gasteiger partial charge in [-0.3, -0.25) is 4.79 Å². The van der Waals surface area contributed by atoms with Crippen molar-refractivity contribution in [1.29, 1.82) is 0 Å². The number of aromatic nitrogens is 1. The molecule has 0 atom stereocenters. The van der Waals surface area contributed by atoms with E-state index in [0.717, 1.165) is 54.3 Å². The van der Waals surface area contributed by atoms with Gasteiger partial charge in [0.1, 0.15) is 17.7 Å². The summed E-state index contributed by atoms with van der Waals surface area (Å²) in [4.78, 5) is 18.6. The van der Waals surface area contributed by atoms with E-state index in [0.29, 0.717) is 0 Å². The Kier molecular flexibility index (Phi) is 4.84. The number of piperidine rings is 1. The Balaban J connectivity index is 1.66. The van der Waals surface area contributed by atoms with Gasteiger partial charge >= 0.3 is 0 Å². The number of carbonyl (C=O) groups excluding carboxylic acids is 1. The number of hydrogen-bond donors (Lipinski definition) is 0. The summed E-state index contributed by atoms with van der Waals surface area (Å²) in [5.74, 6) is 2.01. The molecule has 1 saturated heterocycles. The highest BCUT2D eigenvalue weighted by atomic mass is 16.5. The third-order valence-electron chi connectivity index (χ3n) is 4.54. The van der Waals surface area contributed by atoms with Gasteiger partial charge in [0, 0.05) is 31.5 Å². The van der Waals surface area contributed by atoms with Crippen molar-refractivity contribution in [2.24, 2.45) is 0 Å². The molecule has 4 nitrogen and oxygen atoms in total. The highest BCUT2D eigenvalue weighted by Crippen LogP contribution is 2.26. The van der Waals surface area contributed by atoms with Crippen molar-refractivity contribution >= 4 is 11.6 Å². The molecule has 0 saturated carbocycles. The van der Waals surface area contributed by atoms with Crippen LogP contribution in [-0.2, 0) is 0 Å². The molecule has 0 amide bonds. The molecule has 2 aromatic rings. The number of aryl methyl sites for hydroxylation is 2. The van der Waals surface area contributed by atoms with Crippen molar-refractivity contribution in [1.82, 2.24) is 4.98 Å².